The number of nitrogens with one attached hydrogen (secondary N) is 1. The van der Waals surface area contributed by atoms with Crippen LogP contribution in [-0.4, -0.2) is 25.8 Å². The number of carbonyl (C=O) groups is 1. The van der Waals surface area contributed by atoms with Gasteiger partial charge in [-0.3, -0.25) is 4.79 Å². The highest BCUT2D eigenvalue weighted by molar-refractivity contribution is 5.90. The molecule has 0 bridgehead atoms. The third-order valence-corrected chi connectivity index (χ3v) is 4.93. The fraction of sp³-hybridized carbons (Fsp3) is 0.474. The topological polar surface area (TPSA) is 99.0 Å². The van der Waals surface area contributed by atoms with Crippen LogP contribution in [0.5, 0.6) is 0 Å². The normalized spacial score (nSPS) is 15.0. The van der Waals surface area contributed by atoms with E-state index in [1.165, 1.54) is 12.8 Å². The van der Waals surface area contributed by atoms with E-state index in [2.05, 4.69) is 27.5 Å². The first kappa shape index (κ1) is 17.5. The average molecular weight is 369 g/mol. The van der Waals surface area contributed by atoms with Gasteiger partial charge in [0, 0.05) is 18.4 Å². The van der Waals surface area contributed by atoms with Crippen molar-refractivity contribution in [1.82, 2.24) is 19.9 Å². The summed E-state index contributed by atoms with van der Waals surface area (Å²) in [6.45, 7) is 4.12. The van der Waals surface area contributed by atoms with Crippen molar-refractivity contribution in [1.29, 1.82) is 0 Å². The molecule has 1 atom stereocenters. The number of furan rings is 1. The van der Waals surface area contributed by atoms with E-state index in [1.54, 1.807) is 18.4 Å². The molecule has 0 aliphatic heterocycles. The van der Waals surface area contributed by atoms with E-state index in [9.17, 15) is 4.79 Å². The minimum Gasteiger partial charge on any atom is -0.461 e. The Morgan fingerprint density at radius 1 is 1.44 bits per heavy atom. The monoisotopic (exact) mass is 369 g/mol. The lowest BCUT2D eigenvalue weighted by molar-refractivity contribution is -0.116. The van der Waals surface area contributed by atoms with Crippen molar-refractivity contribution < 1.29 is 13.7 Å². The lowest BCUT2D eigenvalue weighted by Crippen LogP contribution is -2.19. The van der Waals surface area contributed by atoms with Crippen LogP contribution in [-0.2, 0) is 11.2 Å². The second kappa shape index (κ2) is 7.38. The zero-order chi connectivity index (χ0) is 18.8. The van der Waals surface area contributed by atoms with Gasteiger partial charge in [0.25, 0.3) is 0 Å². The molecule has 8 nitrogen and oxygen atoms in total. The molecule has 142 valence electrons. The van der Waals surface area contributed by atoms with Crippen molar-refractivity contribution >= 4 is 11.7 Å². The Morgan fingerprint density at radius 2 is 2.30 bits per heavy atom. The van der Waals surface area contributed by atoms with Crippen LogP contribution < -0.4 is 5.32 Å². The van der Waals surface area contributed by atoms with Gasteiger partial charge in [-0.05, 0) is 51.2 Å². The predicted octanol–water partition coefficient (Wildman–Crippen LogP) is 3.77. The molecule has 1 saturated carbocycles. The fourth-order valence-corrected chi connectivity index (χ4v) is 3.15. The zero-order valence-electron chi connectivity index (χ0n) is 15.5. The van der Waals surface area contributed by atoms with Crippen LogP contribution in [0.3, 0.4) is 0 Å². The molecule has 27 heavy (non-hydrogen) atoms. The summed E-state index contributed by atoms with van der Waals surface area (Å²) in [5.74, 6) is 2.92. The smallest absolute Gasteiger partial charge is 0.238 e. The molecule has 1 aliphatic carbocycles. The molecular weight excluding hydrogens is 346 g/mol. The largest absolute Gasteiger partial charge is 0.461 e. The maximum atomic E-state index is 12.4. The summed E-state index contributed by atoms with van der Waals surface area (Å²) in [6.07, 6.45) is 7.38. The molecule has 3 aromatic rings. The third kappa shape index (κ3) is 3.94. The predicted molar refractivity (Wildman–Crippen MR) is 98.0 cm³/mol. The van der Waals surface area contributed by atoms with Crippen LogP contribution in [0.1, 0.15) is 50.1 Å². The Hall–Kier alpha value is -2.90. The van der Waals surface area contributed by atoms with Crippen molar-refractivity contribution in [3.8, 4) is 11.6 Å². The molecule has 0 saturated heterocycles. The Bertz CT molecular complexity index is 908. The molecule has 1 aliphatic rings. The first-order valence-electron chi connectivity index (χ1n) is 9.32. The van der Waals surface area contributed by atoms with Gasteiger partial charge in [-0.25, -0.2) is 4.68 Å². The van der Waals surface area contributed by atoms with Crippen molar-refractivity contribution in [3.05, 3.63) is 36.0 Å². The first-order chi connectivity index (χ1) is 13.1. The molecule has 1 amide bonds. The molecule has 0 spiro atoms. The van der Waals surface area contributed by atoms with Crippen molar-refractivity contribution in [2.45, 2.75) is 52.0 Å². The van der Waals surface area contributed by atoms with Crippen LogP contribution in [0.15, 0.2) is 33.5 Å². The van der Waals surface area contributed by atoms with Crippen molar-refractivity contribution in [2.24, 2.45) is 5.92 Å². The first-order valence-corrected chi connectivity index (χ1v) is 9.32. The van der Waals surface area contributed by atoms with Gasteiger partial charge in [0.05, 0.1) is 18.5 Å². The summed E-state index contributed by atoms with van der Waals surface area (Å²) < 4.78 is 12.4. The number of anilines is 1. The van der Waals surface area contributed by atoms with Gasteiger partial charge >= 0.3 is 0 Å². The number of carbonyl (C=O) groups excluding carboxylic acids is 1. The van der Waals surface area contributed by atoms with Gasteiger partial charge in [-0.2, -0.15) is 10.1 Å². The summed E-state index contributed by atoms with van der Waals surface area (Å²) in [6, 6.07) is 3.86. The molecule has 4 rings (SSSR count). The van der Waals surface area contributed by atoms with Crippen LogP contribution in [0, 0.1) is 12.8 Å². The van der Waals surface area contributed by atoms with E-state index in [0.29, 0.717) is 48.7 Å². The molecule has 3 aromatic heterocycles. The summed E-state index contributed by atoms with van der Waals surface area (Å²) >= 11 is 0. The number of rotatable bonds is 8. The van der Waals surface area contributed by atoms with Gasteiger partial charge in [-0.1, -0.05) is 5.16 Å². The van der Waals surface area contributed by atoms with Crippen molar-refractivity contribution in [2.75, 3.05) is 5.32 Å². The van der Waals surface area contributed by atoms with E-state index in [-0.39, 0.29) is 5.91 Å². The van der Waals surface area contributed by atoms with E-state index in [4.69, 9.17) is 8.94 Å². The SMILES string of the molecule is Cc1cnn([C@@H](C)C2CC2)c1NC(=O)CCCc1nc(-c2ccco2)no1. The van der Waals surface area contributed by atoms with Gasteiger partial charge in [0.1, 0.15) is 5.82 Å². The quantitative estimate of drug-likeness (QED) is 0.649. The van der Waals surface area contributed by atoms with Gasteiger partial charge < -0.3 is 14.3 Å². The summed E-state index contributed by atoms with van der Waals surface area (Å²) in [7, 11) is 0. The van der Waals surface area contributed by atoms with E-state index < -0.39 is 0 Å². The lowest BCUT2D eigenvalue weighted by Gasteiger charge is -2.16. The highest BCUT2D eigenvalue weighted by Gasteiger charge is 2.31. The minimum atomic E-state index is -0.0337. The number of amides is 1. The highest BCUT2D eigenvalue weighted by Crippen LogP contribution is 2.40. The Kier molecular flexibility index (Phi) is 4.79. The number of nitrogens with zero attached hydrogens (tertiary/aromatic N) is 4. The molecule has 3 heterocycles. The number of hydrogen-bond acceptors (Lipinski definition) is 6. The van der Waals surface area contributed by atoms with Crippen LogP contribution in [0.25, 0.3) is 11.6 Å². The van der Waals surface area contributed by atoms with Gasteiger partial charge in [0.15, 0.2) is 5.76 Å². The zero-order valence-corrected chi connectivity index (χ0v) is 15.5. The summed E-state index contributed by atoms with van der Waals surface area (Å²) in [5, 5.41) is 11.4. The van der Waals surface area contributed by atoms with Gasteiger partial charge in [0.2, 0.25) is 17.6 Å². The number of aromatic nitrogens is 4. The molecule has 0 unspecified atom stereocenters. The van der Waals surface area contributed by atoms with Crippen LogP contribution in [0.4, 0.5) is 5.82 Å². The second-order valence-electron chi connectivity index (χ2n) is 7.09. The Balaban J connectivity index is 1.30. The minimum absolute atomic E-state index is 0.0337. The molecular formula is C19H23N5O3. The van der Waals surface area contributed by atoms with Crippen LogP contribution in [0.2, 0.25) is 0 Å². The molecule has 1 fully saturated rings. The lowest BCUT2D eigenvalue weighted by atomic mass is 10.2. The summed E-state index contributed by atoms with van der Waals surface area (Å²) in [4.78, 5) is 16.7. The highest BCUT2D eigenvalue weighted by atomic mass is 16.5. The van der Waals surface area contributed by atoms with Gasteiger partial charge in [-0.15, -0.1) is 0 Å². The molecule has 0 radical (unpaired) electrons. The van der Waals surface area contributed by atoms with Crippen LogP contribution >= 0.6 is 0 Å². The standard InChI is InChI=1S/C19H23N5O3/c1-12-11-20-24(13(2)14-8-9-14)19(12)21-16(25)6-3-7-17-22-18(23-27-17)15-5-4-10-26-15/h4-5,10-11,13-14H,3,6-9H2,1-2H3,(H,21,25)/t13-/m0/s1. The molecule has 0 aromatic carbocycles. The number of hydrogen-bond donors (Lipinski definition) is 1. The summed E-state index contributed by atoms with van der Waals surface area (Å²) in [5.41, 5.74) is 0.982. The second-order valence-corrected chi connectivity index (χ2v) is 7.09. The Labute approximate surface area is 156 Å². The third-order valence-electron chi connectivity index (χ3n) is 4.93. The maximum Gasteiger partial charge on any atom is 0.238 e. The molecule has 1 N–H and O–H groups in total. The fourth-order valence-electron chi connectivity index (χ4n) is 3.15. The number of aryl methyl sites for hydroxylation is 2. The maximum absolute atomic E-state index is 12.4. The van der Waals surface area contributed by atoms with E-state index in [0.717, 1.165) is 11.4 Å². The van der Waals surface area contributed by atoms with E-state index in [1.807, 2.05) is 17.8 Å². The Morgan fingerprint density at radius 3 is 3.04 bits per heavy atom. The van der Waals surface area contributed by atoms with E-state index >= 15 is 0 Å². The average Bonchev–Trinajstić information content (AvgIpc) is 3.04. The van der Waals surface area contributed by atoms with Crippen molar-refractivity contribution in [3.63, 3.8) is 0 Å². The molecule has 8 heteroatoms.